The van der Waals surface area contributed by atoms with E-state index in [1.54, 1.807) is 11.3 Å². The number of benzene rings is 3. The minimum absolute atomic E-state index is 0. The van der Waals surface area contributed by atoms with Crippen molar-refractivity contribution in [2.24, 2.45) is 0 Å². The minimum atomic E-state index is -0.833. The van der Waals surface area contributed by atoms with Gasteiger partial charge in [0.25, 0.3) is 5.97 Å². The van der Waals surface area contributed by atoms with E-state index in [-0.39, 0.29) is 29.6 Å². The molecule has 1 N–H and O–H groups in total. The van der Waals surface area contributed by atoms with Crippen molar-refractivity contribution in [1.29, 1.82) is 0 Å². The van der Waals surface area contributed by atoms with E-state index in [1.807, 2.05) is 6.07 Å². The number of carbonyl (C=O) groups is 1. The fourth-order valence-electron chi connectivity index (χ4n) is 4.70. The first-order valence-electron chi connectivity index (χ1n) is 14.1. The molecule has 41 heavy (non-hydrogen) atoms. The van der Waals surface area contributed by atoms with Gasteiger partial charge in [0.05, 0.1) is 10.7 Å². The standard InChI is InChI=1S/C32H38N3S.C2H4O2.Na/c1-4-9-27(10-5-2)28-15-13-26(14-16-28)23-35(3)30-19-17-29(18-20-30)31-24-36-32(34-31)22-33-21-25-11-7-6-8-12-25;1-2(3)4;/h6-8,11-20,24,27H,4-5,9-10,21-23H2,1-3H3;1H3,(H,3,4);/q-1;;+1. The molecule has 0 spiro atoms. The van der Waals surface area contributed by atoms with E-state index in [4.69, 9.17) is 14.9 Å². The van der Waals surface area contributed by atoms with Gasteiger partial charge in [-0.2, -0.15) is 0 Å². The van der Waals surface area contributed by atoms with Crippen LogP contribution in [0.15, 0.2) is 84.2 Å². The van der Waals surface area contributed by atoms with Crippen LogP contribution in [0.4, 0.5) is 5.69 Å². The van der Waals surface area contributed by atoms with E-state index in [2.05, 4.69) is 109 Å². The molecule has 1 aromatic heterocycles. The Morgan fingerprint density at radius 2 is 1.51 bits per heavy atom. The van der Waals surface area contributed by atoms with Gasteiger partial charge in [0, 0.05) is 37.1 Å². The zero-order chi connectivity index (χ0) is 28.7. The summed E-state index contributed by atoms with van der Waals surface area (Å²) in [6.45, 7) is 7.95. The molecule has 0 unspecified atom stereocenters. The number of anilines is 1. The van der Waals surface area contributed by atoms with Gasteiger partial charge in [0.15, 0.2) is 0 Å². The number of rotatable bonds is 13. The summed E-state index contributed by atoms with van der Waals surface area (Å²) in [6, 6.07) is 28.4. The first kappa shape index (κ1) is 34.7. The van der Waals surface area contributed by atoms with Gasteiger partial charge in [-0.05, 0) is 42.0 Å². The third-order valence-electron chi connectivity index (χ3n) is 6.68. The van der Waals surface area contributed by atoms with E-state index in [9.17, 15) is 0 Å². The van der Waals surface area contributed by atoms with Crippen molar-refractivity contribution in [2.45, 2.75) is 72.0 Å². The molecule has 0 atom stereocenters. The predicted octanol–water partition coefficient (Wildman–Crippen LogP) is 6.30. The average molecular weight is 580 g/mol. The van der Waals surface area contributed by atoms with E-state index in [0.29, 0.717) is 12.5 Å². The van der Waals surface area contributed by atoms with Gasteiger partial charge in [0.1, 0.15) is 0 Å². The summed E-state index contributed by atoms with van der Waals surface area (Å²) in [5.74, 6) is -0.136. The molecule has 4 aromatic rings. The zero-order valence-corrected chi connectivity index (χ0v) is 28.0. The van der Waals surface area contributed by atoms with Crippen LogP contribution in [0.2, 0.25) is 0 Å². The van der Waals surface area contributed by atoms with Gasteiger partial charge >= 0.3 is 29.6 Å². The molecular formula is C34H42N3NaO2S. The number of aliphatic carboxylic acids is 1. The fraction of sp³-hybridized carbons (Fsp3) is 0.353. The Hall–Kier alpha value is -2.48. The summed E-state index contributed by atoms with van der Waals surface area (Å²) in [5.41, 5.74) is 7.47. The third-order valence-corrected chi connectivity index (χ3v) is 7.52. The quantitative estimate of drug-likeness (QED) is 0.189. The molecule has 212 valence electrons. The molecule has 4 rings (SSSR count). The Morgan fingerprint density at radius 3 is 2.10 bits per heavy atom. The van der Waals surface area contributed by atoms with Crippen molar-refractivity contribution in [1.82, 2.24) is 4.98 Å². The molecule has 0 amide bonds. The van der Waals surface area contributed by atoms with Crippen LogP contribution < -0.4 is 34.5 Å². The average Bonchev–Trinajstić information content (AvgIpc) is 3.43. The fourth-order valence-corrected chi connectivity index (χ4v) is 5.46. The maximum Gasteiger partial charge on any atom is 1.00 e. The van der Waals surface area contributed by atoms with Crippen LogP contribution in [0.1, 0.15) is 74.1 Å². The maximum absolute atomic E-state index is 9.00. The van der Waals surface area contributed by atoms with Crippen LogP contribution in [-0.4, -0.2) is 23.1 Å². The van der Waals surface area contributed by atoms with E-state index in [1.165, 1.54) is 48.1 Å². The number of carboxylic acid groups (broad SMARTS) is 1. The Bertz CT molecular complexity index is 1270. The summed E-state index contributed by atoms with van der Waals surface area (Å²) < 4.78 is 0. The van der Waals surface area contributed by atoms with Crippen LogP contribution in [0, 0.1) is 0 Å². The number of hydrogen-bond acceptors (Lipinski definition) is 4. The van der Waals surface area contributed by atoms with E-state index >= 15 is 0 Å². The zero-order valence-electron chi connectivity index (χ0n) is 25.2. The number of aromatic nitrogens is 1. The second-order valence-electron chi connectivity index (χ2n) is 10.1. The van der Waals surface area contributed by atoms with Gasteiger partial charge in [-0.3, -0.25) is 4.79 Å². The van der Waals surface area contributed by atoms with Crippen molar-refractivity contribution >= 4 is 23.0 Å². The SMILES string of the molecule is CC(=O)O.CCCC(CCC)c1ccc(CN(C)c2ccc(-c3csc(C[N-]Cc4ccccc4)n3)cc2)cc1.[Na+]. The summed E-state index contributed by atoms with van der Waals surface area (Å²) in [5, 5.41) is 15.3. The predicted molar refractivity (Wildman–Crippen MR) is 169 cm³/mol. The Balaban J connectivity index is 0.00000110. The van der Waals surface area contributed by atoms with Crippen molar-refractivity contribution in [3.05, 3.63) is 111 Å². The molecule has 1 heterocycles. The number of hydrogen-bond donors (Lipinski definition) is 1. The van der Waals surface area contributed by atoms with Crippen LogP contribution in [0.3, 0.4) is 0 Å². The molecule has 0 aliphatic rings. The maximum atomic E-state index is 9.00. The molecule has 7 heteroatoms. The summed E-state index contributed by atoms with van der Waals surface area (Å²) in [4.78, 5) is 16.1. The molecule has 5 nitrogen and oxygen atoms in total. The molecule has 0 fully saturated rings. The largest absolute Gasteiger partial charge is 1.00 e. The van der Waals surface area contributed by atoms with E-state index < -0.39 is 5.97 Å². The molecular weight excluding hydrogens is 537 g/mol. The Morgan fingerprint density at radius 1 is 0.902 bits per heavy atom. The van der Waals surface area contributed by atoms with Crippen LogP contribution in [0.25, 0.3) is 16.6 Å². The van der Waals surface area contributed by atoms with Gasteiger partial charge in [0.2, 0.25) is 0 Å². The first-order valence-corrected chi connectivity index (χ1v) is 15.0. The number of nitrogens with zero attached hydrogens (tertiary/aromatic N) is 3. The summed E-state index contributed by atoms with van der Waals surface area (Å²) in [6.07, 6.45) is 5.05. The molecule has 0 saturated carbocycles. The minimum Gasteiger partial charge on any atom is -0.653 e. The first-order chi connectivity index (χ1) is 19.4. The smallest absolute Gasteiger partial charge is 0.653 e. The van der Waals surface area contributed by atoms with Crippen LogP contribution in [0.5, 0.6) is 0 Å². The Kier molecular flexibility index (Phi) is 16.0. The van der Waals surface area contributed by atoms with Crippen molar-refractivity contribution in [2.75, 3.05) is 11.9 Å². The van der Waals surface area contributed by atoms with Crippen LogP contribution in [-0.2, 0) is 24.4 Å². The molecule has 0 radical (unpaired) electrons. The number of carboxylic acids is 1. The third kappa shape index (κ3) is 12.1. The van der Waals surface area contributed by atoms with Gasteiger partial charge in [-0.25, -0.2) is 4.98 Å². The molecule has 3 aromatic carbocycles. The van der Waals surface area contributed by atoms with E-state index in [0.717, 1.165) is 36.3 Å². The van der Waals surface area contributed by atoms with Gasteiger partial charge < -0.3 is 15.3 Å². The summed E-state index contributed by atoms with van der Waals surface area (Å²) in [7, 11) is 2.16. The Labute approximate surface area is 272 Å². The second kappa shape index (κ2) is 18.9. The normalized spacial score (nSPS) is 10.5. The number of thiazole rings is 1. The van der Waals surface area contributed by atoms with Gasteiger partial charge in [-0.15, -0.1) is 17.9 Å². The molecule has 0 bridgehead atoms. The summed E-state index contributed by atoms with van der Waals surface area (Å²) >= 11 is 1.69. The molecule has 0 aliphatic heterocycles. The van der Waals surface area contributed by atoms with Crippen molar-refractivity contribution in [3.63, 3.8) is 0 Å². The van der Waals surface area contributed by atoms with Crippen molar-refractivity contribution in [3.8, 4) is 11.3 Å². The second-order valence-corrected chi connectivity index (χ2v) is 11.0. The molecule has 0 saturated heterocycles. The topological polar surface area (TPSA) is 67.5 Å². The van der Waals surface area contributed by atoms with Gasteiger partial charge in [-0.1, -0.05) is 106 Å². The molecule has 0 aliphatic carbocycles. The van der Waals surface area contributed by atoms with Crippen LogP contribution >= 0.6 is 11.3 Å². The monoisotopic (exact) mass is 579 g/mol. The van der Waals surface area contributed by atoms with Crippen molar-refractivity contribution < 1.29 is 39.5 Å².